The first-order valence-electron chi connectivity index (χ1n) is 6.87. The van der Waals surface area contributed by atoms with Crippen LogP contribution < -0.4 is 11.1 Å². The van der Waals surface area contributed by atoms with E-state index >= 15 is 0 Å². The second kappa shape index (κ2) is 8.56. The Morgan fingerprint density at radius 2 is 2.00 bits per heavy atom. The predicted molar refractivity (Wildman–Crippen MR) is 85.6 cm³/mol. The van der Waals surface area contributed by atoms with Crippen molar-refractivity contribution in [2.45, 2.75) is 33.7 Å². The van der Waals surface area contributed by atoms with Crippen molar-refractivity contribution in [2.24, 2.45) is 0 Å². The molecule has 4 N–H and O–H groups in total. The van der Waals surface area contributed by atoms with Gasteiger partial charge < -0.3 is 16.2 Å². The molecule has 7 heteroatoms. The zero-order valence-electron chi connectivity index (χ0n) is 13.0. The minimum absolute atomic E-state index is 0.250. The van der Waals surface area contributed by atoms with Crippen LogP contribution in [-0.2, 0) is 17.8 Å². The van der Waals surface area contributed by atoms with Crippen molar-refractivity contribution in [3.63, 3.8) is 0 Å². The van der Waals surface area contributed by atoms with Crippen molar-refractivity contribution >= 4 is 18.2 Å². The number of pyridine rings is 1. The van der Waals surface area contributed by atoms with Gasteiger partial charge in [0.15, 0.2) is 0 Å². The summed E-state index contributed by atoms with van der Waals surface area (Å²) in [7, 11) is 0. The number of aromatic nitrogens is 3. The topological polar surface area (TPSA) is 114 Å². The standard InChI is InChI=1S/C14H19N5.CH2O2/c1-4-12-8-18-14(15)19-13(12)17-7-11-5-9(2)10(3)16-6-11;2-1-3/h5-6,8H,4,7H2,1-3H3,(H3,15,17,18,19);1H,(H,2,3). The molecule has 0 aliphatic rings. The molecule has 0 saturated heterocycles. The van der Waals surface area contributed by atoms with Crippen LogP contribution in [0.3, 0.4) is 0 Å². The number of anilines is 2. The molecule has 0 saturated carbocycles. The second-order valence-electron chi connectivity index (χ2n) is 4.66. The average molecular weight is 303 g/mol. The van der Waals surface area contributed by atoms with E-state index in [4.69, 9.17) is 15.6 Å². The monoisotopic (exact) mass is 303 g/mol. The van der Waals surface area contributed by atoms with Gasteiger partial charge in [0.1, 0.15) is 5.82 Å². The van der Waals surface area contributed by atoms with Crippen molar-refractivity contribution < 1.29 is 9.90 Å². The van der Waals surface area contributed by atoms with Crippen LogP contribution >= 0.6 is 0 Å². The molecule has 0 fully saturated rings. The third kappa shape index (κ3) is 5.01. The van der Waals surface area contributed by atoms with Crippen LogP contribution in [-0.4, -0.2) is 26.5 Å². The first-order chi connectivity index (χ1) is 10.5. The zero-order chi connectivity index (χ0) is 16.5. The first-order valence-corrected chi connectivity index (χ1v) is 6.87. The second-order valence-corrected chi connectivity index (χ2v) is 4.66. The Balaban J connectivity index is 0.000000745. The van der Waals surface area contributed by atoms with Gasteiger partial charge in [-0.05, 0) is 31.4 Å². The maximum absolute atomic E-state index is 8.36. The van der Waals surface area contributed by atoms with Crippen molar-refractivity contribution in [1.82, 2.24) is 15.0 Å². The molecule has 0 aliphatic heterocycles. The molecule has 0 spiro atoms. The summed E-state index contributed by atoms with van der Waals surface area (Å²) >= 11 is 0. The number of nitrogens with one attached hydrogen (secondary N) is 1. The van der Waals surface area contributed by atoms with Gasteiger partial charge in [-0.2, -0.15) is 4.98 Å². The highest BCUT2D eigenvalue weighted by molar-refractivity contribution is 5.46. The van der Waals surface area contributed by atoms with Gasteiger partial charge in [-0.15, -0.1) is 0 Å². The van der Waals surface area contributed by atoms with Crippen molar-refractivity contribution in [3.05, 3.63) is 40.8 Å². The highest BCUT2D eigenvalue weighted by Crippen LogP contribution is 2.15. The Bertz CT molecular complexity index is 631. The van der Waals surface area contributed by atoms with E-state index in [2.05, 4.69) is 40.2 Å². The van der Waals surface area contributed by atoms with Crippen LogP contribution in [0, 0.1) is 13.8 Å². The number of rotatable bonds is 4. The van der Waals surface area contributed by atoms with Crippen LogP contribution in [0.5, 0.6) is 0 Å². The minimum Gasteiger partial charge on any atom is -0.483 e. The van der Waals surface area contributed by atoms with E-state index in [1.54, 1.807) is 6.20 Å². The van der Waals surface area contributed by atoms with Gasteiger partial charge in [-0.3, -0.25) is 9.78 Å². The highest BCUT2D eigenvalue weighted by Gasteiger charge is 2.05. The summed E-state index contributed by atoms with van der Waals surface area (Å²) in [5.74, 6) is 1.09. The SMILES string of the molecule is CCc1cnc(N)nc1NCc1cnc(C)c(C)c1.O=CO. The Morgan fingerprint density at radius 3 is 2.59 bits per heavy atom. The van der Waals surface area contributed by atoms with E-state index in [1.165, 1.54) is 5.56 Å². The Labute approximate surface area is 129 Å². The molecule has 2 rings (SSSR count). The number of nitrogen functional groups attached to an aromatic ring is 1. The smallest absolute Gasteiger partial charge is 0.290 e. The zero-order valence-corrected chi connectivity index (χ0v) is 13.0. The molecule has 0 aliphatic carbocycles. The molecule has 2 aromatic heterocycles. The first kappa shape index (κ1) is 17.4. The molecule has 7 nitrogen and oxygen atoms in total. The third-order valence-electron chi connectivity index (χ3n) is 3.12. The Kier molecular flexibility index (Phi) is 6.75. The van der Waals surface area contributed by atoms with E-state index < -0.39 is 0 Å². The van der Waals surface area contributed by atoms with E-state index in [9.17, 15) is 0 Å². The normalized spacial score (nSPS) is 9.59. The third-order valence-corrected chi connectivity index (χ3v) is 3.12. The molecule has 0 unspecified atom stereocenters. The largest absolute Gasteiger partial charge is 0.483 e. The summed E-state index contributed by atoms with van der Waals surface area (Å²) in [4.78, 5) is 21.0. The van der Waals surface area contributed by atoms with E-state index in [-0.39, 0.29) is 12.4 Å². The summed E-state index contributed by atoms with van der Waals surface area (Å²) in [5, 5.41) is 10.2. The summed E-state index contributed by atoms with van der Waals surface area (Å²) in [6.07, 6.45) is 4.52. The van der Waals surface area contributed by atoms with E-state index in [0.717, 1.165) is 29.1 Å². The lowest BCUT2D eigenvalue weighted by molar-refractivity contribution is -0.122. The number of carboxylic acid groups (broad SMARTS) is 1. The lowest BCUT2D eigenvalue weighted by Gasteiger charge is -2.10. The average Bonchev–Trinajstić information content (AvgIpc) is 2.49. The van der Waals surface area contributed by atoms with Crippen LogP contribution in [0.1, 0.15) is 29.3 Å². The van der Waals surface area contributed by atoms with Crippen molar-refractivity contribution in [3.8, 4) is 0 Å². The van der Waals surface area contributed by atoms with Crippen LogP contribution in [0.2, 0.25) is 0 Å². The lowest BCUT2D eigenvalue weighted by atomic mass is 10.1. The number of carbonyl (C=O) groups is 1. The molecule has 0 radical (unpaired) electrons. The predicted octanol–water partition coefficient (Wildman–Crippen LogP) is 1.95. The number of hydrogen-bond donors (Lipinski definition) is 3. The summed E-state index contributed by atoms with van der Waals surface area (Å²) < 4.78 is 0. The van der Waals surface area contributed by atoms with Gasteiger partial charge in [-0.1, -0.05) is 13.0 Å². The molecule has 0 aromatic carbocycles. The fourth-order valence-corrected chi connectivity index (χ4v) is 1.82. The van der Waals surface area contributed by atoms with Crippen LogP contribution in [0.4, 0.5) is 11.8 Å². The molecular weight excluding hydrogens is 282 g/mol. The summed E-state index contributed by atoms with van der Waals surface area (Å²) in [6, 6.07) is 2.13. The van der Waals surface area contributed by atoms with Gasteiger partial charge in [0, 0.05) is 30.2 Å². The molecule has 118 valence electrons. The summed E-state index contributed by atoms with van der Waals surface area (Å²) in [5.41, 5.74) is 10.1. The van der Waals surface area contributed by atoms with Gasteiger partial charge in [0.25, 0.3) is 6.47 Å². The maximum atomic E-state index is 8.36. The molecule has 22 heavy (non-hydrogen) atoms. The highest BCUT2D eigenvalue weighted by atomic mass is 16.3. The van der Waals surface area contributed by atoms with Crippen molar-refractivity contribution in [1.29, 1.82) is 0 Å². The van der Waals surface area contributed by atoms with Crippen LogP contribution in [0.15, 0.2) is 18.5 Å². The minimum atomic E-state index is -0.250. The lowest BCUT2D eigenvalue weighted by Crippen LogP contribution is -2.08. The number of nitrogens with two attached hydrogens (primary N) is 1. The quantitative estimate of drug-likeness (QED) is 0.739. The number of nitrogens with zero attached hydrogens (tertiary/aromatic N) is 3. The molecular formula is C15H21N5O2. The molecule has 0 amide bonds. The molecule has 0 bridgehead atoms. The van der Waals surface area contributed by atoms with Gasteiger partial charge in [0.05, 0.1) is 0 Å². The van der Waals surface area contributed by atoms with Crippen LogP contribution in [0.25, 0.3) is 0 Å². The summed E-state index contributed by atoms with van der Waals surface area (Å²) in [6.45, 7) is 6.56. The number of aryl methyl sites for hydroxylation is 3. The maximum Gasteiger partial charge on any atom is 0.290 e. The van der Waals surface area contributed by atoms with E-state index in [1.807, 2.05) is 13.1 Å². The molecule has 2 heterocycles. The van der Waals surface area contributed by atoms with E-state index in [0.29, 0.717) is 6.54 Å². The van der Waals surface area contributed by atoms with Gasteiger partial charge >= 0.3 is 0 Å². The molecule has 2 aromatic rings. The number of hydrogen-bond acceptors (Lipinski definition) is 6. The Hall–Kier alpha value is -2.70. The molecule has 0 atom stereocenters. The van der Waals surface area contributed by atoms with Crippen molar-refractivity contribution in [2.75, 3.05) is 11.1 Å². The Morgan fingerprint density at radius 1 is 1.32 bits per heavy atom. The fraction of sp³-hybridized carbons (Fsp3) is 0.333. The van der Waals surface area contributed by atoms with Gasteiger partial charge in [0.2, 0.25) is 5.95 Å². The van der Waals surface area contributed by atoms with Gasteiger partial charge in [-0.25, -0.2) is 4.98 Å². The fourth-order valence-electron chi connectivity index (χ4n) is 1.82.